The molecule has 4 bridgehead atoms. The van der Waals surface area contributed by atoms with Crippen LogP contribution in [-0.4, -0.2) is 168 Å². The van der Waals surface area contributed by atoms with Gasteiger partial charge in [0, 0.05) is 74.3 Å². The summed E-state index contributed by atoms with van der Waals surface area (Å²) in [6, 6.07) is 5.10. The summed E-state index contributed by atoms with van der Waals surface area (Å²) in [6.07, 6.45) is 1.92. The molecule has 2 saturated heterocycles. The van der Waals surface area contributed by atoms with Crippen molar-refractivity contribution in [1.29, 1.82) is 0 Å². The number of rotatable bonds is 4. The Labute approximate surface area is 525 Å². The molecule has 87 heavy (non-hydrogen) atoms. The fourth-order valence-electron chi connectivity index (χ4n) is 11.1. The van der Waals surface area contributed by atoms with Gasteiger partial charge in [-0.25, -0.2) is 42.1 Å². The van der Waals surface area contributed by atoms with Crippen molar-refractivity contribution in [3.8, 4) is 23.3 Å². The van der Waals surface area contributed by atoms with E-state index in [-0.39, 0.29) is 97.3 Å². The Kier molecular flexibility index (Phi) is 20.9. The molecule has 12 atom stereocenters. The Morgan fingerprint density at radius 2 is 1.06 bits per heavy atom. The molecule has 28 heteroatoms. The number of amides is 4. The quantitative estimate of drug-likeness (QED) is 0.152. The van der Waals surface area contributed by atoms with E-state index in [1.807, 2.05) is 12.6 Å². The summed E-state index contributed by atoms with van der Waals surface area (Å²) in [5.41, 5.74) is -2.81. The topological polar surface area (TPSA) is 258 Å². The third kappa shape index (κ3) is 15.0. The van der Waals surface area contributed by atoms with Gasteiger partial charge in [-0.2, -0.15) is 17.6 Å². The Hall–Kier alpha value is -6.05. The zero-order valence-electron chi connectivity index (χ0n) is 50.2. The predicted molar refractivity (Wildman–Crippen MR) is 295 cm³/mol. The second-order valence-corrected chi connectivity index (χ2v) is 25.1. The number of nitrogens with zero attached hydrogens (tertiary/aromatic N) is 6. The van der Waals surface area contributed by atoms with Crippen molar-refractivity contribution in [2.24, 2.45) is 34.5 Å². The first-order valence-corrected chi connectivity index (χ1v) is 28.3. The number of nitrogens with one attached hydrogen (secondary N) is 2. The summed E-state index contributed by atoms with van der Waals surface area (Å²) in [7, 11) is 2.94. The van der Waals surface area contributed by atoms with E-state index in [4.69, 9.17) is 37.9 Å². The maximum absolute atomic E-state index is 15.7. The van der Waals surface area contributed by atoms with E-state index in [1.54, 1.807) is 86.6 Å². The van der Waals surface area contributed by atoms with E-state index in [2.05, 4.69) is 30.6 Å². The van der Waals surface area contributed by atoms with Crippen LogP contribution in [0.1, 0.15) is 99.4 Å². The number of alkyl halides is 4. The molecule has 2 radical (unpaired) electrons. The average Bonchev–Trinajstić information content (AvgIpc) is 1.98. The van der Waals surface area contributed by atoms with E-state index >= 15 is 17.6 Å². The molecule has 2 saturated carbocycles. The van der Waals surface area contributed by atoms with Crippen LogP contribution in [0.15, 0.2) is 36.4 Å². The van der Waals surface area contributed by atoms with Crippen molar-refractivity contribution in [3.63, 3.8) is 0 Å². The van der Waals surface area contributed by atoms with Gasteiger partial charge in [-0.1, -0.05) is 67.5 Å². The number of hydrogen-bond donors (Lipinski definition) is 2. The van der Waals surface area contributed by atoms with Gasteiger partial charge in [0.15, 0.2) is 11.4 Å². The molecule has 4 aromatic rings. The monoisotopic (exact) mass is 1290 g/mol. The zero-order valence-corrected chi connectivity index (χ0v) is 53.0. The Bertz CT molecular complexity index is 3210. The minimum atomic E-state index is -3.59. The molecule has 6 heterocycles. The van der Waals surface area contributed by atoms with Crippen LogP contribution in [0.5, 0.6) is 23.3 Å². The van der Waals surface area contributed by atoms with Gasteiger partial charge in [-0.05, 0) is 79.5 Å². The Balaban J connectivity index is 0.000000243. The molecule has 10 rings (SSSR count). The van der Waals surface area contributed by atoms with Crippen LogP contribution in [0, 0.1) is 34.5 Å². The van der Waals surface area contributed by atoms with Crippen LogP contribution in [0.3, 0.4) is 0 Å². The molecule has 4 fully saturated rings. The van der Waals surface area contributed by atoms with E-state index < -0.39 is 143 Å². The van der Waals surface area contributed by atoms with Crippen molar-refractivity contribution in [3.05, 3.63) is 47.8 Å². The van der Waals surface area contributed by atoms with Crippen LogP contribution < -0.4 is 29.6 Å². The summed E-state index contributed by atoms with van der Waals surface area (Å²) in [6.45, 7) is 13.6. The Morgan fingerprint density at radius 3 is 1.48 bits per heavy atom. The second-order valence-electron chi connectivity index (χ2n) is 25.1. The standard InChI is InChI=1S/C30H37F2N4O7.C29H35F2N4O7.2V/c1-16-21(14-37)36-13-22(16)42-25-23(33-19-8-7-18(40-6)11-20(19)34-25)30(31,32)15-41-10-9-17-12-29(17,5)43-27(39)35-24(26(36)38)28(2,3)4;1-15-20(13-36)35-12-22(15)41-25-23(32-18-7-6-17(39-5)11-19(18)33-25)29(30,31)14-40-9-8-16-10-21(16)42-27(38)34-24(26(35)37)28(2,3)4;;/h7-8,11,16-17,21-22,24H,9-10,12-13,15H2,1-6H3,(H,35,39);6-7,11,15-16,20-22,24H,8-10,12,14H2,1-5H3,(H,34,38);;/q2*-1;;/t16-,17+,21+,22-,24+,29+;15-,16+,20+,21+,22-,24+;;/m00../s1. The minimum absolute atomic E-state index is 0. The van der Waals surface area contributed by atoms with E-state index in [1.165, 1.54) is 36.2 Å². The molecular formula is C59H72F4N8O14V2-2. The molecule has 472 valence electrons. The third-order valence-electron chi connectivity index (χ3n) is 16.7. The van der Waals surface area contributed by atoms with Gasteiger partial charge < -0.3 is 67.9 Å². The molecular weight excluding hydrogens is 1220 g/mol. The van der Waals surface area contributed by atoms with Gasteiger partial charge >= 0.3 is 24.0 Å². The van der Waals surface area contributed by atoms with E-state index in [0.717, 1.165) is 0 Å². The number of benzene rings is 2. The first-order chi connectivity index (χ1) is 40.0. The van der Waals surface area contributed by atoms with Gasteiger partial charge in [0.25, 0.3) is 0 Å². The van der Waals surface area contributed by atoms with Crippen molar-refractivity contribution in [1.82, 2.24) is 40.4 Å². The first kappa shape index (κ1) is 68.4. The number of hydrogen-bond acceptors (Lipinski definition) is 18. The SMILES string of the molecule is COc1ccc2nc3c(nc2c1)O[C@H]1CN(C(=O)[C@H](C(C)(C)C)NC(=O)O[C@@H]2C[C@H]2CCOCC3(F)F)[C@H]([C-]=O)[C@@H]1C.COc1ccc2nc3c(nc2c1)O[C@H]1CN(C(=O)[C@H](C(C)(C)C)NC(=O)O[C@]2(C)C[C@H]2CCOCC3(F)F)[C@H]([C-]=O)[C@@H]1C.[V].[V]. The number of ether oxygens (including phenoxy) is 8. The summed E-state index contributed by atoms with van der Waals surface area (Å²) in [4.78, 5) is 97.5. The number of carbonyl (C=O) groups excluding carboxylic acids is 6. The van der Waals surface area contributed by atoms with Crippen molar-refractivity contribution < 1.29 is 121 Å². The second kappa shape index (κ2) is 26.6. The maximum Gasteiger partial charge on any atom is 0.408 e. The summed E-state index contributed by atoms with van der Waals surface area (Å²) < 4.78 is 107. The normalized spacial score (nSPS) is 30.1. The van der Waals surface area contributed by atoms with Crippen LogP contribution in [0.25, 0.3) is 22.1 Å². The van der Waals surface area contributed by atoms with Crippen molar-refractivity contribution >= 4 is 58.6 Å². The first-order valence-electron chi connectivity index (χ1n) is 28.3. The molecule has 22 nitrogen and oxygen atoms in total. The number of alkyl carbamates (subject to hydrolysis) is 2. The Morgan fingerprint density at radius 1 is 0.621 bits per heavy atom. The smallest absolute Gasteiger partial charge is 0.408 e. The summed E-state index contributed by atoms with van der Waals surface area (Å²) >= 11 is 0. The molecule has 0 spiro atoms. The molecule has 2 aromatic carbocycles. The summed E-state index contributed by atoms with van der Waals surface area (Å²) in [5, 5.41) is 5.39. The van der Waals surface area contributed by atoms with Crippen LogP contribution in [0.2, 0.25) is 0 Å². The molecule has 4 aliphatic heterocycles. The largest absolute Gasteiger partial charge is 0.540 e. The fraction of sp³-hybridized carbons (Fsp3) is 0.627. The third-order valence-corrected chi connectivity index (χ3v) is 16.7. The zero-order chi connectivity index (χ0) is 61.7. The van der Waals surface area contributed by atoms with Crippen LogP contribution in [-0.2, 0) is 87.1 Å². The number of carbonyl (C=O) groups is 4. The molecule has 2 aliphatic carbocycles. The predicted octanol–water partition coefficient (Wildman–Crippen LogP) is 7.15. The van der Waals surface area contributed by atoms with E-state index in [0.29, 0.717) is 37.2 Å². The van der Waals surface area contributed by atoms with Gasteiger partial charge in [-0.3, -0.25) is 9.59 Å². The fourth-order valence-corrected chi connectivity index (χ4v) is 11.1. The molecule has 6 aliphatic rings. The molecule has 2 aromatic heterocycles. The van der Waals surface area contributed by atoms with Gasteiger partial charge in [0.1, 0.15) is 60.7 Å². The number of aromatic nitrogens is 4. The molecule has 4 amide bonds. The van der Waals surface area contributed by atoms with Gasteiger partial charge in [0.05, 0.1) is 49.4 Å². The number of methoxy groups -OCH3 is 2. The molecule has 2 N–H and O–H groups in total. The van der Waals surface area contributed by atoms with Crippen molar-refractivity contribution in [2.45, 2.75) is 148 Å². The van der Waals surface area contributed by atoms with Gasteiger partial charge in [0.2, 0.25) is 23.6 Å². The maximum atomic E-state index is 15.7. The molecule has 0 unspecified atom stereocenters. The average molecular weight is 1300 g/mol. The van der Waals surface area contributed by atoms with Gasteiger partial charge in [-0.15, -0.1) is 0 Å². The summed E-state index contributed by atoms with van der Waals surface area (Å²) in [5.74, 6) is -9.65. The number of fused-ring (bicyclic) bond motifs is 10. The van der Waals surface area contributed by atoms with Crippen LogP contribution >= 0.6 is 0 Å². The van der Waals surface area contributed by atoms with E-state index in [9.17, 15) is 28.8 Å². The number of halogens is 4. The minimum Gasteiger partial charge on any atom is -0.540 e. The van der Waals surface area contributed by atoms with Crippen LogP contribution in [0.4, 0.5) is 27.2 Å². The van der Waals surface area contributed by atoms with Crippen molar-refractivity contribution in [2.75, 3.05) is 53.7 Å².